The van der Waals surface area contributed by atoms with Gasteiger partial charge in [-0.2, -0.15) is 19.7 Å². The molecule has 0 N–H and O–H groups in total. The van der Waals surface area contributed by atoms with Crippen molar-refractivity contribution in [2.24, 2.45) is 0 Å². The second-order valence-electron chi connectivity index (χ2n) is 7.51. The fraction of sp³-hybridized carbons (Fsp3) is 0.500. The standard InChI is InChI=1S/C18H25N3O5/c1-17(2,3)25-23-15-19-14(12-8-10-13(22-7)11-9-12)20-16(21-15)24-26-18(4,5)6/h8-11H,1-7H3. The molecule has 26 heavy (non-hydrogen) atoms. The van der Waals surface area contributed by atoms with Gasteiger partial charge in [-0.05, 0) is 65.8 Å². The molecule has 0 spiro atoms. The van der Waals surface area contributed by atoms with Crippen LogP contribution in [-0.4, -0.2) is 33.3 Å². The molecule has 0 saturated carbocycles. The Morgan fingerprint density at radius 1 is 0.692 bits per heavy atom. The molecule has 2 aromatic rings. The van der Waals surface area contributed by atoms with E-state index in [1.807, 2.05) is 53.7 Å². The molecule has 8 heteroatoms. The number of methoxy groups -OCH3 is 1. The number of ether oxygens (including phenoxy) is 1. The van der Waals surface area contributed by atoms with Gasteiger partial charge in [0.25, 0.3) is 0 Å². The van der Waals surface area contributed by atoms with Crippen LogP contribution in [-0.2, 0) is 9.78 Å². The van der Waals surface area contributed by atoms with Crippen molar-refractivity contribution in [3.05, 3.63) is 24.3 Å². The molecular formula is C18H25N3O5. The number of aromatic nitrogens is 3. The summed E-state index contributed by atoms with van der Waals surface area (Å²) in [4.78, 5) is 33.6. The van der Waals surface area contributed by atoms with Crippen LogP contribution in [0.2, 0.25) is 0 Å². The normalized spacial score (nSPS) is 12.0. The van der Waals surface area contributed by atoms with Gasteiger partial charge in [0.05, 0.1) is 7.11 Å². The van der Waals surface area contributed by atoms with E-state index in [1.54, 1.807) is 19.2 Å². The summed E-state index contributed by atoms with van der Waals surface area (Å²) in [6, 6.07) is 7.17. The molecular weight excluding hydrogens is 338 g/mol. The Hall–Kier alpha value is -2.45. The van der Waals surface area contributed by atoms with E-state index in [-0.39, 0.29) is 12.0 Å². The molecule has 142 valence electrons. The van der Waals surface area contributed by atoms with Crippen molar-refractivity contribution in [1.82, 2.24) is 15.0 Å². The number of rotatable bonds is 6. The summed E-state index contributed by atoms with van der Waals surface area (Å²) in [5.41, 5.74) is -0.333. The maximum absolute atomic E-state index is 5.27. The number of hydrogen-bond acceptors (Lipinski definition) is 8. The lowest BCUT2D eigenvalue weighted by Gasteiger charge is -2.18. The Labute approximate surface area is 153 Å². The minimum Gasteiger partial charge on any atom is -0.497 e. The van der Waals surface area contributed by atoms with Crippen molar-refractivity contribution < 1.29 is 24.3 Å². The van der Waals surface area contributed by atoms with Gasteiger partial charge in [-0.25, -0.2) is 0 Å². The van der Waals surface area contributed by atoms with Crippen LogP contribution in [0.1, 0.15) is 41.5 Å². The first kappa shape index (κ1) is 19.9. The third-order valence-electron chi connectivity index (χ3n) is 2.67. The quantitative estimate of drug-likeness (QED) is 0.566. The summed E-state index contributed by atoms with van der Waals surface area (Å²) in [5.74, 6) is 1.07. The van der Waals surface area contributed by atoms with Gasteiger partial charge in [-0.1, -0.05) is 0 Å². The molecule has 0 aliphatic rings. The molecule has 0 amide bonds. The average molecular weight is 363 g/mol. The van der Waals surface area contributed by atoms with Crippen molar-refractivity contribution in [2.45, 2.75) is 52.7 Å². The molecule has 8 nitrogen and oxygen atoms in total. The number of nitrogens with zero attached hydrogens (tertiary/aromatic N) is 3. The predicted molar refractivity (Wildman–Crippen MR) is 94.7 cm³/mol. The van der Waals surface area contributed by atoms with Crippen molar-refractivity contribution >= 4 is 0 Å². The van der Waals surface area contributed by atoms with E-state index in [0.29, 0.717) is 5.82 Å². The molecule has 0 unspecified atom stereocenters. The first-order valence-corrected chi connectivity index (χ1v) is 8.18. The fourth-order valence-electron chi connectivity index (χ4n) is 1.61. The van der Waals surface area contributed by atoms with Crippen LogP contribution in [0.4, 0.5) is 0 Å². The molecule has 0 aliphatic heterocycles. The second kappa shape index (κ2) is 7.84. The van der Waals surface area contributed by atoms with Gasteiger partial charge in [0.2, 0.25) is 0 Å². The zero-order chi connectivity index (χ0) is 19.4. The minimum absolute atomic E-state index is 0.0340. The Kier molecular flexibility index (Phi) is 5.99. The zero-order valence-corrected chi connectivity index (χ0v) is 16.2. The predicted octanol–water partition coefficient (Wildman–Crippen LogP) is 3.77. The van der Waals surface area contributed by atoms with Crippen LogP contribution >= 0.6 is 0 Å². The SMILES string of the molecule is COc1ccc(-c2nc(OOC(C)(C)C)nc(OOC(C)(C)C)n2)cc1. The van der Waals surface area contributed by atoms with E-state index in [9.17, 15) is 0 Å². The molecule has 0 fully saturated rings. The van der Waals surface area contributed by atoms with E-state index in [0.717, 1.165) is 11.3 Å². The molecule has 0 saturated heterocycles. The highest BCUT2D eigenvalue weighted by Crippen LogP contribution is 2.23. The molecule has 0 atom stereocenters. The highest BCUT2D eigenvalue weighted by molar-refractivity contribution is 5.56. The zero-order valence-electron chi connectivity index (χ0n) is 16.2. The molecule has 0 aliphatic carbocycles. The summed E-state index contributed by atoms with van der Waals surface area (Å²) >= 11 is 0. The highest BCUT2D eigenvalue weighted by atomic mass is 17.2. The van der Waals surface area contributed by atoms with Crippen molar-refractivity contribution in [3.8, 4) is 29.2 Å². The van der Waals surface area contributed by atoms with Crippen molar-refractivity contribution in [1.29, 1.82) is 0 Å². The van der Waals surface area contributed by atoms with E-state index in [2.05, 4.69) is 15.0 Å². The van der Waals surface area contributed by atoms with Crippen molar-refractivity contribution in [2.75, 3.05) is 7.11 Å². The lowest BCUT2D eigenvalue weighted by atomic mass is 10.2. The second-order valence-corrected chi connectivity index (χ2v) is 7.51. The van der Waals surface area contributed by atoms with Gasteiger partial charge in [-0.15, -0.1) is 4.98 Å². The van der Waals surface area contributed by atoms with Crippen LogP contribution in [0.15, 0.2) is 24.3 Å². The average Bonchev–Trinajstić information content (AvgIpc) is 2.57. The molecule has 1 heterocycles. The van der Waals surface area contributed by atoms with E-state index >= 15 is 0 Å². The lowest BCUT2D eigenvalue weighted by Crippen LogP contribution is -2.23. The van der Waals surface area contributed by atoms with Crippen molar-refractivity contribution in [3.63, 3.8) is 0 Å². The number of hydrogen-bond donors (Lipinski definition) is 0. The van der Waals surface area contributed by atoms with Gasteiger partial charge in [0.15, 0.2) is 5.82 Å². The Balaban J connectivity index is 2.31. The van der Waals surface area contributed by atoms with E-state index < -0.39 is 11.2 Å². The molecule has 2 rings (SSSR count). The molecule has 0 radical (unpaired) electrons. The Bertz CT molecular complexity index is 685. The first-order chi connectivity index (χ1) is 12.1. The van der Waals surface area contributed by atoms with Crippen LogP contribution in [0.3, 0.4) is 0 Å². The highest BCUT2D eigenvalue weighted by Gasteiger charge is 2.19. The van der Waals surface area contributed by atoms with Gasteiger partial charge >= 0.3 is 12.0 Å². The Morgan fingerprint density at radius 3 is 1.54 bits per heavy atom. The van der Waals surface area contributed by atoms with Gasteiger partial charge < -0.3 is 4.74 Å². The molecule has 0 bridgehead atoms. The lowest BCUT2D eigenvalue weighted by molar-refractivity contribution is -0.287. The Morgan fingerprint density at radius 2 is 1.15 bits per heavy atom. The maximum atomic E-state index is 5.27. The van der Waals surface area contributed by atoms with Crippen LogP contribution < -0.4 is 14.5 Å². The van der Waals surface area contributed by atoms with Gasteiger partial charge in [-0.3, -0.25) is 9.78 Å². The summed E-state index contributed by atoms with van der Waals surface area (Å²) < 4.78 is 5.16. The maximum Gasteiger partial charge on any atom is 0.360 e. The largest absolute Gasteiger partial charge is 0.497 e. The van der Waals surface area contributed by atoms with E-state index in [1.165, 1.54) is 0 Å². The fourth-order valence-corrected chi connectivity index (χ4v) is 1.61. The summed E-state index contributed by atoms with van der Waals surface area (Å²) in [7, 11) is 1.60. The number of benzene rings is 1. The van der Waals surface area contributed by atoms with Crippen LogP contribution in [0, 0.1) is 0 Å². The van der Waals surface area contributed by atoms with E-state index in [4.69, 9.17) is 24.3 Å². The van der Waals surface area contributed by atoms with Gasteiger partial charge in [0.1, 0.15) is 17.0 Å². The summed E-state index contributed by atoms with van der Waals surface area (Å²) in [5, 5.41) is 0. The molecule has 1 aromatic heterocycles. The topological polar surface area (TPSA) is 84.8 Å². The summed E-state index contributed by atoms with van der Waals surface area (Å²) in [6.07, 6.45) is 0. The van der Waals surface area contributed by atoms with Gasteiger partial charge in [0, 0.05) is 5.56 Å². The molecule has 1 aromatic carbocycles. The first-order valence-electron chi connectivity index (χ1n) is 8.18. The third-order valence-corrected chi connectivity index (χ3v) is 2.67. The smallest absolute Gasteiger partial charge is 0.360 e. The monoisotopic (exact) mass is 363 g/mol. The third kappa shape index (κ3) is 6.45. The van der Waals surface area contributed by atoms with Crippen LogP contribution in [0.25, 0.3) is 11.4 Å². The minimum atomic E-state index is -0.532. The summed E-state index contributed by atoms with van der Waals surface area (Å²) in [6.45, 7) is 11.1. The van der Waals surface area contributed by atoms with Crippen LogP contribution in [0.5, 0.6) is 17.8 Å².